The normalized spacial score (nSPS) is 15.3. The van der Waals surface area contributed by atoms with E-state index in [9.17, 15) is 9.59 Å². The first kappa shape index (κ1) is 19.0. The quantitative estimate of drug-likeness (QED) is 0.745. The van der Waals surface area contributed by atoms with E-state index in [-0.39, 0.29) is 17.7 Å². The van der Waals surface area contributed by atoms with Gasteiger partial charge in [0.15, 0.2) is 11.5 Å². The Morgan fingerprint density at radius 2 is 1.93 bits per heavy atom. The molecule has 7 heteroatoms. The summed E-state index contributed by atoms with van der Waals surface area (Å²) in [6.07, 6.45) is 0.588. The highest BCUT2D eigenvalue weighted by Crippen LogP contribution is 2.35. The SMILES string of the molecule is COc1cccc2c1OC[C@@H](C(=O)NCCNC(=O)c1ccccc1Cl)C2. The molecule has 0 aliphatic carbocycles. The number of hydrogen-bond donors (Lipinski definition) is 2. The van der Waals surface area contributed by atoms with Crippen LogP contribution in [-0.4, -0.2) is 38.6 Å². The number of benzene rings is 2. The van der Waals surface area contributed by atoms with Gasteiger partial charge in [0.1, 0.15) is 6.61 Å². The molecule has 2 aromatic rings. The number of methoxy groups -OCH3 is 1. The van der Waals surface area contributed by atoms with Crippen molar-refractivity contribution in [1.29, 1.82) is 0 Å². The van der Waals surface area contributed by atoms with Crippen molar-refractivity contribution in [2.24, 2.45) is 5.92 Å². The maximum absolute atomic E-state index is 12.4. The number of nitrogens with one attached hydrogen (secondary N) is 2. The van der Waals surface area contributed by atoms with Crippen LogP contribution in [0.5, 0.6) is 11.5 Å². The highest BCUT2D eigenvalue weighted by atomic mass is 35.5. The summed E-state index contributed by atoms with van der Waals surface area (Å²) in [5.74, 6) is 0.737. The van der Waals surface area contributed by atoms with Crippen molar-refractivity contribution >= 4 is 23.4 Å². The molecule has 1 heterocycles. The third kappa shape index (κ3) is 4.52. The molecule has 2 amide bonds. The van der Waals surface area contributed by atoms with Crippen LogP contribution >= 0.6 is 11.6 Å². The Kier molecular flexibility index (Phi) is 6.19. The van der Waals surface area contributed by atoms with Gasteiger partial charge in [-0.15, -0.1) is 0 Å². The average molecular weight is 389 g/mol. The Morgan fingerprint density at radius 3 is 2.70 bits per heavy atom. The minimum Gasteiger partial charge on any atom is -0.493 e. The molecular weight excluding hydrogens is 368 g/mol. The molecule has 0 bridgehead atoms. The molecule has 0 saturated carbocycles. The molecule has 3 rings (SSSR count). The number of para-hydroxylation sites is 1. The fraction of sp³-hybridized carbons (Fsp3) is 0.300. The van der Waals surface area contributed by atoms with Crippen molar-refractivity contribution in [3.05, 3.63) is 58.6 Å². The lowest BCUT2D eigenvalue weighted by atomic mass is 9.95. The van der Waals surface area contributed by atoms with E-state index in [0.717, 1.165) is 5.56 Å². The van der Waals surface area contributed by atoms with Crippen molar-refractivity contribution in [2.45, 2.75) is 6.42 Å². The Bertz CT molecular complexity index is 840. The molecule has 6 nitrogen and oxygen atoms in total. The summed E-state index contributed by atoms with van der Waals surface area (Å²) < 4.78 is 11.0. The molecule has 0 unspecified atom stereocenters. The van der Waals surface area contributed by atoms with Gasteiger partial charge in [0.05, 0.1) is 23.6 Å². The second-order valence-corrected chi connectivity index (χ2v) is 6.59. The van der Waals surface area contributed by atoms with Gasteiger partial charge in [-0.05, 0) is 30.2 Å². The molecule has 0 saturated heterocycles. The van der Waals surface area contributed by atoms with E-state index in [1.807, 2.05) is 18.2 Å². The van der Waals surface area contributed by atoms with E-state index < -0.39 is 0 Å². The van der Waals surface area contributed by atoms with E-state index in [4.69, 9.17) is 21.1 Å². The molecule has 0 spiro atoms. The van der Waals surface area contributed by atoms with Gasteiger partial charge in [0.25, 0.3) is 5.91 Å². The maximum Gasteiger partial charge on any atom is 0.252 e. The highest BCUT2D eigenvalue weighted by Gasteiger charge is 2.27. The maximum atomic E-state index is 12.4. The molecule has 0 radical (unpaired) electrons. The van der Waals surface area contributed by atoms with E-state index in [0.29, 0.717) is 48.2 Å². The van der Waals surface area contributed by atoms with Crippen LogP contribution < -0.4 is 20.1 Å². The number of fused-ring (bicyclic) bond motifs is 1. The Balaban J connectivity index is 1.46. The minimum absolute atomic E-state index is 0.101. The fourth-order valence-electron chi connectivity index (χ4n) is 2.97. The molecule has 142 valence electrons. The van der Waals surface area contributed by atoms with Gasteiger partial charge in [-0.2, -0.15) is 0 Å². The van der Waals surface area contributed by atoms with Crippen LogP contribution in [0, 0.1) is 5.92 Å². The van der Waals surface area contributed by atoms with Gasteiger partial charge in [-0.3, -0.25) is 9.59 Å². The second kappa shape index (κ2) is 8.77. The molecular formula is C20H21ClN2O4. The van der Waals surface area contributed by atoms with Crippen molar-refractivity contribution in [2.75, 3.05) is 26.8 Å². The highest BCUT2D eigenvalue weighted by molar-refractivity contribution is 6.33. The lowest BCUT2D eigenvalue weighted by Crippen LogP contribution is -2.41. The zero-order chi connectivity index (χ0) is 19.2. The molecule has 2 aromatic carbocycles. The predicted octanol–water partition coefficient (Wildman–Crippen LogP) is 2.45. The summed E-state index contributed by atoms with van der Waals surface area (Å²) in [5, 5.41) is 5.97. The van der Waals surface area contributed by atoms with Crippen molar-refractivity contribution in [3.8, 4) is 11.5 Å². The number of carbonyl (C=O) groups is 2. The van der Waals surface area contributed by atoms with E-state index >= 15 is 0 Å². The third-order valence-electron chi connectivity index (χ3n) is 4.37. The van der Waals surface area contributed by atoms with Gasteiger partial charge in [-0.1, -0.05) is 35.9 Å². The number of ether oxygens (including phenoxy) is 2. The number of halogens is 1. The number of hydrogen-bond acceptors (Lipinski definition) is 4. The first-order valence-corrected chi connectivity index (χ1v) is 9.07. The Morgan fingerprint density at radius 1 is 1.15 bits per heavy atom. The summed E-state index contributed by atoms with van der Waals surface area (Å²) in [6, 6.07) is 12.5. The van der Waals surface area contributed by atoms with Crippen LogP contribution in [0.1, 0.15) is 15.9 Å². The van der Waals surface area contributed by atoms with Crippen LogP contribution in [0.3, 0.4) is 0 Å². The average Bonchev–Trinajstić information content (AvgIpc) is 2.70. The first-order chi connectivity index (χ1) is 13.1. The van der Waals surface area contributed by atoms with E-state index in [2.05, 4.69) is 10.6 Å². The molecule has 2 N–H and O–H groups in total. The topological polar surface area (TPSA) is 76.7 Å². The summed E-state index contributed by atoms with van der Waals surface area (Å²) in [6.45, 7) is 0.940. The summed E-state index contributed by atoms with van der Waals surface area (Å²) in [4.78, 5) is 24.4. The summed E-state index contributed by atoms with van der Waals surface area (Å²) in [5.41, 5.74) is 1.37. The van der Waals surface area contributed by atoms with E-state index in [1.165, 1.54) is 0 Å². The Hall–Kier alpha value is -2.73. The molecule has 1 aliphatic heterocycles. The van der Waals surface area contributed by atoms with Crippen LogP contribution in [0.15, 0.2) is 42.5 Å². The van der Waals surface area contributed by atoms with Crippen LogP contribution in [0.25, 0.3) is 0 Å². The fourth-order valence-corrected chi connectivity index (χ4v) is 3.19. The lowest BCUT2D eigenvalue weighted by molar-refractivity contribution is -0.126. The number of amides is 2. The molecule has 27 heavy (non-hydrogen) atoms. The number of carbonyl (C=O) groups excluding carboxylic acids is 2. The first-order valence-electron chi connectivity index (χ1n) is 8.69. The summed E-state index contributed by atoms with van der Waals surface area (Å²) in [7, 11) is 1.59. The zero-order valence-electron chi connectivity index (χ0n) is 15.0. The van der Waals surface area contributed by atoms with Crippen LogP contribution in [0.2, 0.25) is 5.02 Å². The second-order valence-electron chi connectivity index (χ2n) is 6.19. The van der Waals surface area contributed by atoms with Crippen molar-refractivity contribution in [1.82, 2.24) is 10.6 Å². The largest absolute Gasteiger partial charge is 0.493 e. The minimum atomic E-state index is -0.274. The lowest BCUT2D eigenvalue weighted by Gasteiger charge is -2.25. The predicted molar refractivity (Wildman–Crippen MR) is 102 cm³/mol. The molecule has 1 atom stereocenters. The van der Waals surface area contributed by atoms with Gasteiger partial charge < -0.3 is 20.1 Å². The van der Waals surface area contributed by atoms with Crippen molar-refractivity contribution < 1.29 is 19.1 Å². The monoisotopic (exact) mass is 388 g/mol. The van der Waals surface area contributed by atoms with Gasteiger partial charge in [-0.25, -0.2) is 0 Å². The van der Waals surface area contributed by atoms with Gasteiger partial charge in [0.2, 0.25) is 5.91 Å². The van der Waals surface area contributed by atoms with Crippen LogP contribution in [0.4, 0.5) is 0 Å². The zero-order valence-corrected chi connectivity index (χ0v) is 15.7. The molecule has 0 fully saturated rings. The summed E-state index contributed by atoms with van der Waals surface area (Å²) >= 11 is 5.99. The smallest absolute Gasteiger partial charge is 0.252 e. The van der Waals surface area contributed by atoms with E-state index in [1.54, 1.807) is 31.4 Å². The standard InChI is InChI=1S/C20H21ClN2O4/c1-26-17-8-4-5-13-11-14(12-27-18(13)17)19(24)22-9-10-23-20(25)15-6-2-3-7-16(15)21/h2-8,14H,9-12H2,1H3,(H,22,24)(H,23,25)/t14-/m0/s1. The van der Waals surface area contributed by atoms with Crippen molar-refractivity contribution in [3.63, 3.8) is 0 Å². The third-order valence-corrected chi connectivity index (χ3v) is 4.70. The Labute approximate surface area is 162 Å². The molecule has 0 aromatic heterocycles. The molecule has 1 aliphatic rings. The number of rotatable bonds is 6. The van der Waals surface area contributed by atoms with Crippen LogP contribution in [-0.2, 0) is 11.2 Å². The van der Waals surface area contributed by atoms with Gasteiger partial charge >= 0.3 is 0 Å². The van der Waals surface area contributed by atoms with Gasteiger partial charge in [0, 0.05) is 13.1 Å².